The Morgan fingerprint density at radius 3 is 2.18 bits per heavy atom. The van der Waals surface area contributed by atoms with Crippen molar-refractivity contribution in [3.8, 4) is 0 Å². The first-order valence-corrected chi connectivity index (χ1v) is 11.6. The van der Waals surface area contributed by atoms with Gasteiger partial charge in [-0.2, -0.15) is 0 Å². The van der Waals surface area contributed by atoms with Crippen molar-refractivity contribution in [3.05, 3.63) is 42.0 Å². The predicted octanol–water partition coefficient (Wildman–Crippen LogP) is 2.76. The third-order valence-electron chi connectivity index (χ3n) is 4.94. The molecule has 3 N–H and O–H groups in total. The Balaban J connectivity index is 3.37. The first-order valence-electron chi connectivity index (χ1n) is 11.6. The molecule has 0 radical (unpaired) electrons. The van der Waals surface area contributed by atoms with Crippen molar-refractivity contribution >= 4 is 29.7 Å². The molecular weight excluding hydrogens is 436 g/mol. The maximum absolute atomic E-state index is 13.4. The fourth-order valence-corrected chi connectivity index (χ4v) is 3.24. The number of hydrazine groups is 1. The van der Waals surface area contributed by atoms with Crippen molar-refractivity contribution in [1.29, 1.82) is 0 Å². The highest BCUT2D eigenvalue weighted by Crippen LogP contribution is 2.18. The van der Waals surface area contributed by atoms with Gasteiger partial charge in [-0.1, -0.05) is 70.2 Å². The number of hydroxylamine groups is 1. The standard InChI is InChI=1S/C25H38N4O5/c1-18(2)14-15-23(31)29(28(17-19(3)4)24(32)16-26-20(5)30)22(25(33)27-34)13-9-12-21-10-7-6-8-11-21/h6-12,18-19,22,34H,13-17H2,1-5H3,(H,26,30)(H,27,33)/t22-/m0/s1. The maximum Gasteiger partial charge on any atom is 0.268 e. The van der Waals surface area contributed by atoms with Gasteiger partial charge in [0.05, 0.1) is 6.54 Å². The summed E-state index contributed by atoms with van der Waals surface area (Å²) in [5.74, 6) is -1.92. The molecule has 0 bridgehead atoms. The molecule has 4 amide bonds. The summed E-state index contributed by atoms with van der Waals surface area (Å²) in [6.07, 6.45) is 4.29. The molecule has 0 aliphatic carbocycles. The summed E-state index contributed by atoms with van der Waals surface area (Å²) in [5.41, 5.74) is 2.54. The van der Waals surface area contributed by atoms with E-state index in [1.54, 1.807) is 17.6 Å². The molecule has 0 aliphatic rings. The molecule has 0 saturated carbocycles. The molecule has 9 heteroatoms. The predicted molar refractivity (Wildman–Crippen MR) is 130 cm³/mol. The highest BCUT2D eigenvalue weighted by atomic mass is 16.5. The Bertz CT molecular complexity index is 839. The highest BCUT2D eigenvalue weighted by molar-refractivity contribution is 5.90. The Labute approximate surface area is 202 Å². The van der Waals surface area contributed by atoms with Crippen LogP contribution in [-0.2, 0) is 19.2 Å². The van der Waals surface area contributed by atoms with Crippen LogP contribution in [0.25, 0.3) is 6.08 Å². The van der Waals surface area contributed by atoms with Crippen molar-refractivity contribution in [2.45, 2.75) is 59.9 Å². The lowest BCUT2D eigenvalue weighted by Gasteiger charge is -2.40. The van der Waals surface area contributed by atoms with Crippen molar-refractivity contribution in [1.82, 2.24) is 20.8 Å². The van der Waals surface area contributed by atoms with Crippen LogP contribution in [0.4, 0.5) is 0 Å². The topological polar surface area (TPSA) is 119 Å². The molecule has 0 saturated heterocycles. The number of benzene rings is 1. The smallest absolute Gasteiger partial charge is 0.268 e. The number of rotatable bonds is 12. The molecule has 0 spiro atoms. The van der Waals surface area contributed by atoms with Gasteiger partial charge in [0.15, 0.2) is 0 Å². The fraction of sp³-hybridized carbons (Fsp3) is 0.520. The summed E-state index contributed by atoms with van der Waals surface area (Å²) in [7, 11) is 0. The third kappa shape index (κ3) is 10.2. The molecule has 0 fully saturated rings. The van der Waals surface area contributed by atoms with Crippen LogP contribution in [0.15, 0.2) is 36.4 Å². The largest absolute Gasteiger partial charge is 0.347 e. The molecule has 0 aromatic heterocycles. The van der Waals surface area contributed by atoms with Gasteiger partial charge in [-0.25, -0.2) is 15.5 Å². The molecule has 1 atom stereocenters. The van der Waals surface area contributed by atoms with E-state index in [9.17, 15) is 24.4 Å². The van der Waals surface area contributed by atoms with E-state index in [1.807, 2.05) is 58.0 Å². The number of carbonyl (C=O) groups excluding carboxylic acids is 4. The van der Waals surface area contributed by atoms with E-state index in [4.69, 9.17) is 0 Å². The molecule has 34 heavy (non-hydrogen) atoms. The summed E-state index contributed by atoms with van der Waals surface area (Å²) >= 11 is 0. The lowest BCUT2D eigenvalue weighted by molar-refractivity contribution is -0.175. The number of nitrogens with zero attached hydrogens (tertiary/aromatic N) is 2. The van der Waals surface area contributed by atoms with Crippen LogP contribution < -0.4 is 10.8 Å². The van der Waals surface area contributed by atoms with E-state index in [0.717, 1.165) is 10.6 Å². The van der Waals surface area contributed by atoms with Gasteiger partial charge in [-0.3, -0.25) is 24.4 Å². The van der Waals surface area contributed by atoms with Crippen LogP contribution in [0, 0.1) is 11.8 Å². The quantitative estimate of drug-likeness (QED) is 0.318. The minimum Gasteiger partial charge on any atom is -0.347 e. The van der Waals surface area contributed by atoms with E-state index in [0.29, 0.717) is 6.42 Å². The summed E-state index contributed by atoms with van der Waals surface area (Å²) in [5, 5.41) is 14.3. The second-order valence-electron chi connectivity index (χ2n) is 8.99. The first kappa shape index (κ1) is 28.8. The molecule has 1 aromatic rings. The second kappa shape index (κ2) is 14.8. The van der Waals surface area contributed by atoms with E-state index in [2.05, 4.69) is 5.32 Å². The normalized spacial score (nSPS) is 12.0. The minimum absolute atomic E-state index is 0.0284. The van der Waals surface area contributed by atoms with Crippen molar-refractivity contribution in [3.63, 3.8) is 0 Å². The Hall–Kier alpha value is -3.20. The van der Waals surface area contributed by atoms with E-state index in [1.165, 1.54) is 11.9 Å². The van der Waals surface area contributed by atoms with Gasteiger partial charge in [0.25, 0.3) is 11.8 Å². The molecule has 9 nitrogen and oxygen atoms in total. The van der Waals surface area contributed by atoms with Crippen LogP contribution in [0.3, 0.4) is 0 Å². The van der Waals surface area contributed by atoms with E-state index < -0.39 is 23.8 Å². The van der Waals surface area contributed by atoms with E-state index >= 15 is 0 Å². The second-order valence-corrected chi connectivity index (χ2v) is 8.99. The van der Waals surface area contributed by atoms with Gasteiger partial charge in [-0.05, 0) is 30.2 Å². The van der Waals surface area contributed by atoms with Gasteiger partial charge in [-0.15, -0.1) is 0 Å². The Morgan fingerprint density at radius 1 is 1.00 bits per heavy atom. The first-order chi connectivity index (χ1) is 16.1. The summed E-state index contributed by atoms with van der Waals surface area (Å²) < 4.78 is 0. The van der Waals surface area contributed by atoms with Crippen LogP contribution in [0.2, 0.25) is 0 Å². The molecule has 188 valence electrons. The Kier molecular flexibility index (Phi) is 12.6. The van der Waals surface area contributed by atoms with Gasteiger partial charge >= 0.3 is 0 Å². The van der Waals surface area contributed by atoms with Crippen LogP contribution in [-0.4, -0.2) is 58.0 Å². The summed E-state index contributed by atoms with van der Waals surface area (Å²) in [4.78, 5) is 50.5. The van der Waals surface area contributed by atoms with Gasteiger partial charge in [0.2, 0.25) is 11.8 Å². The van der Waals surface area contributed by atoms with Crippen LogP contribution >= 0.6 is 0 Å². The average molecular weight is 475 g/mol. The number of hydrogen-bond donors (Lipinski definition) is 3. The zero-order chi connectivity index (χ0) is 25.7. The zero-order valence-corrected chi connectivity index (χ0v) is 20.8. The molecular formula is C25H38N4O5. The monoisotopic (exact) mass is 474 g/mol. The molecule has 0 heterocycles. The number of hydrogen-bond acceptors (Lipinski definition) is 5. The van der Waals surface area contributed by atoms with Crippen molar-refractivity contribution < 1.29 is 24.4 Å². The fourth-order valence-electron chi connectivity index (χ4n) is 3.24. The summed E-state index contributed by atoms with van der Waals surface area (Å²) in [6.45, 7) is 8.85. The summed E-state index contributed by atoms with van der Waals surface area (Å²) in [6, 6.07) is 8.27. The van der Waals surface area contributed by atoms with Crippen LogP contribution in [0.5, 0.6) is 0 Å². The van der Waals surface area contributed by atoms with Crippen LogP contribution in [0.1, 0.15) is 59.4 Å². The highest BCUT2D eigenvalue weighted by Gasteiger charge is 2.36. The van der Waals surface area contributed by atoms with Crippen molar-refractivity contribution in [2.75, 3.05) is 13.1 Å². The molecule has 0 unspecified atom stereocenters. The van der Waals surface area contributed by atoms with Gasteiger partial charge < -0.3 is 5.32 Å². The Morgan fingerprint density at radius 2 is 1.65 bits per heavy atom. The zero-order valence-electron chi connectivity index (χ0n) is 20.8. The number of amides is 4. The SMILES string of the molecule is CC(=O)NCC(=O)N(CC(C)C)N(C(=O)CCC(C)C)[C@@H](CC=Cc1ccccc1)C(=O)NO. The number of carbonyl (C=O) groups is 4. The van der Waals surface area contributed by atoms with E-state index in [-0.39, 0.29) is 43.7 Å². The number of nitrogens with one attached hydrogen (secondary N) is 2. The third-order valence-corrected chi connectivity index (χ3v) is 4.94. The lowest BCUT2D eigenvalue weighted by atomic mass is 10.1. The van der Waals surface area contributed by atoms with Crippen molar-refractivity contribution in [2.24, 2.45) is 11.8 Å². The van der Waals surface area contributed by atoms with Gasteiger partial charge in [0.1, 0.15) is 6.04 Å². The van der Waals surface area contributed by atoms with Gasteiger partial charge in [0, 0.05) is 19.9 Å². The minimum atomic E-state index is -1.16. The molecule has 0 aliphatic heterocycles. The average Bonchev–Trinajstić information content (AvgIpc) is 2.79. The maximum atomic E-state index is 13.4. The molecule has 1 aromatic carbocycles. The lowest BCUT2D eigenvalue weighted by Crippen LogP contribution is -2.60. The molecule has 1 rings (SSSR count).